The molecule has 0 bridgehead atoms. The Kier molecular flexibility index (Phi) is 10.6. The summed E-state index contributed by atoms with van der Waals surface area (Å²) in [6.45, 7) is 7.49. The number of aliphatic hydroxyl groups is 1. The third-order valence-corrected chi connectivity index (χ3v) is 11.8. The second-order valence-electron chi connectivity index (χ2n) is 13.2. The molecule has 13 heteroatoms. The van der Waals surface area contributed by atoms with Crippen molar-refractivity contribution in [2.24, 2.45) is 17.8 Å². The second-order valence-corrected chi connectivity index (χ2v) is 14.9. The van der Waals surface area contributed by atoms with Crippen molar-refractivity contribution >= 4 is 16.9 Å². The van der Waals surface area contributed by atoms with E-state index < -0.39 is 35.7 Å². The summed E-state index contributed by atoms with van der Waals surface area (Å²) in [4.78, 5) is 18.4. The van der Waals surface area contributed by atoms with Crippen LogP contribution in [0.4, 0.5) is 26.7 Å². The SMILES string of the molecule is C=C(CN1CC1S(=O)CCCC(F)(F)C(F)(F)F)[C@@H]1Cc2cc(OC(=O)N3CCN(C)C3)ccc2[C@H]2CCC[C@@H](CCCO)[C@@H]21. The first-order chi connectivity index (χ1) is 21.3. The van der Waals surface area contributed by atoms with E-state index in [9.17, 15) is 36.1 Å². The molecule has 5 rings (SSSR count). The van der Waals surface area contributed by atoms with E-state index in [1.54, 1.807) is 4.90 Å². The zero-order chi connectivity index (χ0) is 32.5. The van der Waals surface area contributed by atoms with Crippen LogP contribution in [0.2, 0.25) is 0 Å². The average molecular weight is 662 g/mol. The fourth-order valence-electron chi connectivity index (χ4n) is 7.65. The van der Waals surface area contributed by atoms with Gasteiger partial charge in [0.2, 0.25) is 0 Å². The van der Waals surface area contributed by atoms with Crippen molar-refractivity contribution in [3.05, 3.63) is 41.5 Å². The third kappa shape index (κ3) is 7.90. The van der Waals surface area contributed by atoms with Gasteiger partial charge in [-0.05, 0) is 86.1 Å². The van der Waals surface area contributed by atoms with Crippen LogP contribution in [0, 0.1) is 17.8 Å². The van der Waals surface area contributed by atoms with Crippen LogP contribution >= 0.6 is 0 Å². The van der Waals surface area contributed by atoms with Gasteiger partial charge in [-0.25, -0.2) is 4.79 Å². The summed E-state index contributed by atoms with van der Waals surface area (Å²) in [5.41, 5.74) is 3.36. The Balaban J connectivity index is 1.26. The highest BCUT2D eigenvalue weighted by Crippen LogP contribution is 2.54. The maximum atomic E-state index is 13.3. The van der Waals surface area contributed by atoms with Crippen LogP contribution in [0.25, 0.3) is 0 Å². The number of halogens is 5. The highest BCUT2D eigenvalue weighted by atomic mass is 32.2. The van der Waals surface area contributed by atoms with E-state index in [0.29, 0.717) is 56.2 Å². The number of ether oxygens (including phenoxy) is 1. The van der Waals surface area contributed by atoms with Crippen LogP contribution in [0.5, 0.6) is 5.75 Å². The smallest absolute Gasteiger partial charge is 0.410 e. The standard InChI is InChI=1S/C32H44F5N3O4S/c1-21(18-40-19-28(40)45(43)15-5-11-31(33,34)32(35,36)37)27-17-23-16-24(44-30(42)39-13-12-38(2)20-39)9-10-25(23)26-8-3-6-22(29(26)27)7-4-14-41/h9-10,16,22,26-29,41H,1,3-8,11-15,17-20H2,2H3/t22-,26+,27-,28?,29-,40?,45?/m0/s1. The number of nitrogens with zero attached hydrogens (tertiary/aromatic N) is 3. The lowest BCUT2D eigenvalue weighted by Crippen LogP contribution is -2.40. The molecule has 1 N–H and O–H groups in total. The molecule has 4 aliphatic rings. The Labute approximate surface area is 264 Å². The minimum absolute atomic E-state index is 0.102. The van der Waals surface area contributed by atoms with Gasteiger partial charge in [0.15, 0.2) is 0 Å². The van der Waals surface area contributed by atoms with Crippen LogP contribution in [0.15, 0.2) is 30.4 Å². The van der Waals surface area contributed by atoms with Crippen molar-refractivity contribution in [3.8, 4) is 5.75 Å². The number of carbonyl (C=O) groups excluding carboxylic acids is 1. The molecular formula is C32H44F5N3O4S. The topological polar surface area (TPSA) is 73.1 Å². The molecule has 2 aliphatic heterocycles. The molecular weight excluding hydrogens is 617 g/mol. The molecule has 2 heterocycles. The molecule has 0 spiro atoms. The molecule has 0 aromatic heterocycles. The van der Waals surface area contributed by atoms with E-state index in [-0.39, 0.29) is 29.7 Å². The maximum absolute atomic E-state index is 13.3. The predicted molar refractivity (Wildman–Crippen MR) is 162 cm³/mol. The van der Waals surface area contributed by atoms with Gasteiger partial charge in [0.05, 0.1) is 12.0 Å². The zero-order valence-electron chi connectivity index (χ0n) is 25.7. The number of hydrogen-bond acceptors (Lipinski definition) is 6. The van der Waals surface area contributed by atoms with Gasteiger partial charge in [0, 0.05) is 55.8 Å². The lowest BCUT2D eigenvalue weighted by molar-refractivity contribution is -0.284. The number of likely N-dealkylation sites (N-methyl/N-ethyl adjacent to an activating group) is 1. The van der Waals surface area contributed by atoms with E-state index in [0.717, 1.165) is 49.8 Å². The first-order valence-corrected chi connectivity index (χ1v) is 17.3. The van der Waals surface area contributed by atoms with Gasteiger partial charge in [-0.1, -0.05) is 31.1 Å². The normalized spacial score (nSPS) is 29.2. The second kappa shape index (κ2) is 13.9. The summed E-state index contributed by atoms with van der Waals surface area (Å²) in [6.07, 6.45) is -2.30. The number of fused-ring (bicyclic) bond motifs is 3. The molecule has 3 unspecified atom stereocenters. The van der Waals surface area contributed by atoms with E-state index in [2.05, 4.69) is 12.6 Å². The fraction of sp³-hybridized carbons (Fsp3) is 0.719. The van der Waals surface area contributed by atoms with Crippen LogP contribution in [0.3, 0.4) is 0 Å². The fourth-order valence-corrected chi connectivity index (χ4v) is 9.12. The lowest BCUT2D eigenvalue weighted by atomic mass is 9.57. The molecule has 0 radical (unpaired) electrons. The summed E-state index contributed by atoms with van der Waals surface area (Å²) in [5, 5.41) is 9.20. The number of aliphatic hydroxyl groups excluding tert-OH is 1. The molecule has 1 saturated carbocycles. The summed E-state index contributed by atoms with van der Waals surface area (Å²) in [6, 6.07) is 5.93. The first kappa shape index (κ1) is 34.3. The molecule has 2 aliphatic carbocycles. The highest BCUT2D eigenvalue weighted by Gasteiger charge is 2.56. The molecule has 1 aromatic carbocycles. The van der Waals surface area contributed by atoms with Crippen LogP contribution in [0.1, 0.15) is 62.0 Å². The average Bonchev–Trinajstić information content (AvgIpc) is 3.61. The van der Waals surface area contributed by atoms with Crippen molar-refractivity contribution in [1.82, 2.24) is 14.7 Å². The van der Waals surface area contributed by atoms with Gasteiger partial charge in [-0.3, -0.25) is 18.9 Å². The van der Waals surface area contributed by atoms with E-state index in [1.165, 1.54) is 5.56 Å². The van der Waals surface area contributed by atoms with E-state index in [1.807, 2.05) is 29.0 Å². The van der Waals surface area contributed by atoms with Gasteiger partial charge in [-0.15, -0.1) is 0 Å². The van der Waals surface area contributed by atoms with Gasteiger partial charge in [0.25, 0.3) is 0 Å². The van der Waals surface area contributed by atoms with Crippen molar-refractivity contribution in [3.63, 3.8) is 0 Å². The predicted octanol–water partition coefficient (Wildman–Crippen LogP) is 5.76. The van der Waals surface area contributed by atoms with E-state index >= 15 is 0 Å². The summed E-state index contributed by atoms with van der Waals surface area (Å²) in [7, 11) is 0.409. The van der Waals surface area contributed by atoms with Crippen molar-refractivity contribution in [2.45, 2.75) is 74.8 Å². The Morgan fingerprint density at radius 1 is 1.16 bits per heavy atom. The van der Waals surface area contributed by atoms with Crippen LogP contribution < -0.4 is 4.74 Å². The van der Waals surface area contributed by atoms with Crippen LogP contribution in [-0.4, -0.2) is 99.8 Å². The minimum atomic E-state index is -5.60. The Morgan fingerprint density at radius 3 is 2.62 bits per heavy atom. The molecule has 7 atom stereocenters. The molecule has 252 valence electrons. The minimum Gasteiger partial charge on any atom is -0.410 e. The summed E-state index contributed by atoms with van der Waals surface area (Å²) in [5.74, 6) is -3.38. The number of hydrogen-bond donors (Lipinski definition) is 1. The van der Waals surface area contributed by atoms with Crippen molar-refractivity contribution < 1.29 is 40.8 Å². The lowest BCUT2D eigenvalue weighted by Gasteiger charge is -2.48. The van der Waals surface area contributed by atoms with Gasteiger partial charge in [-0.2, -0.15) is 22.0 Å². The molecule has 1 amide bonds. The number of alkyl halides is 5. The van der Waals surface area contributed by atoms with Gasteiger partial charge >= 0.3 is 18.2 Å². The Hall–Kier alpha value is -2.09. The number of carbonyl (C=O) groups is 1. The van der Waals surface area contributed by atoms with Crippen molar-refractivity contribution in [2.75, 3.05) is 52.3 Å². The number of benzene rings is 1. The van der Waals surface area contributed by atoms with Crippen LogP contribution in [-0.2, 0) is 17.2 Å². The number of rotatable bonds is 12. The summed E-state index contributed by atoms with van der Waals surface area (Å²) < 4.78 is 82.6. The zero-order valence-corrected chi connectivity index (χ0v) is 26.6. The summed E-state index contributed by atoms with van der Waals surface area (Å²) >= 11 is 0. The molecule has 3 fully saturated rings. The largest absolute Gasteiger partial charge is 0.453 e. The molecule has 2 saturated heterocycles. The molecule has 45 heavy (non-hydrogen) atoms. The first-order valence-electron chi connectivity index (χ1n) is 15.9. The number of amides is 1. The molecule has 1 aromatic rings. The van der Waals surface area contributed by atoms with Gasteiger partial charge < -0.3 is 9.84 Å². The molecule has 7 nitrogen and oxygen atoms in total. The highest BCUT2D eigenvalue weighted by molar-refractivity contribution is 7.85. The monoisotopic (exact) mass is 661 g/mol. The third-order valence-electron chi connectivity index (χ3n) is 10.0. The Morgan fingerprint density at radius 2 is 1.93 bits per heavy atom. The quantitative estimate of drug-likeness (QED) is 0.175. The maximum Gasteiger partial charge on any atom is 0.453 e. The Bertz CT molecular complexity index is 1260. The van der Waals surface area contributed by atoms with Crippen molar-refractivity contribution in [1.29, 1.82) is 0 Å². The van der Waals surface area contributed by atoms with E-state index in [4.69, 9.17) is 4.74 Å². The van der Waals surface area contributed by atoms with Gasteiger partial charge in [0.1, 0.15) is 5.75 Å².